The fourth-order valence-corrected chi connectivity index (χ4v) is 4.35. The molecule has 0 atom stereocenters. The largest absolute Gasteiger partial charge is 0.494 e. The lowest BCUT2D eigenvalue weighted by Crippen LogP contribution is -2.54. The molecule has 0 saturated carbocycles. The highest BCUT2D eigenvalue weighted by Crippen LogP contribution is 2.35. The second-order valence-corrected chi connectivity index (χ2v) is 7.52. The topological polar surface area (TPSA) is 58.6 Å². The van der Waals surface area contributed by atoms with Gasteiger partial charge in [-0.3, -0.25) is 14.9 Å². The van der Waals surface area contributed by atoms with E-state index in [-0.39, 0.29) is 16.4 Å². The zero-order chi connectivity index (χ0) is 19.7. The van der Waals surface area contributed by atoms with Crippen molar-refractivity contribution in [2.24, 2.45) is 0 Å². The number of carbonyl (C=O) groups excluding carboxylic acids is 2. The number of carbonyl (C=O) groups is 2. The molecule has 3 rings (SSSR count). The van der Waals surface area contributed by atoms with Crippen molar-refractivity contribution in [3.05, 3.63) is 62.3 Å². The quantitative estimate of drug-likeness (QED) is 0.380. The van der Waals surface area contributed by atoms with Gasteiger partial charge in [0, 0.05) is 0 Å². The Bertz CT molecular complexity index is 987. The molecule has 0 aromatic heterocycles. The molecule has 1 aliphatic heterocycles. The van der Waals surface area contributed by atoms with Crippen LogP contribution in [0.4, 0.5) is 10.1 Å². The van der Waals surface area contributed by atoms with E-state index in [1.807, 2.05) is 0 Å². The standard InChI is InChI=1S/C18H11Br2FN2O3S/c1-26-15-11(19)7-9(8-12(15)20)6-10-16(24)22-18(27)23(17(10)25)14-5-3-2-4-13(14)21/h2-8H,1H3,(H,22,24,27)/b10-6+. The van der Waals surface area contributed by atoms with Crippen molar-refractivity contribution in [1.29, 1.82) is 0 Å². The van der Waals surface area contributed by atoms with Gasteiger partial charge in [-0.05, 0) is 80.0 Å². The van der Waals surface area contributed by atoms with Gasteiger partial charge in [-0.1, -0.05) is 12.1 Å². The second-order valence-electron chi connectivity index (χ2n) is 5.43. The molecule has 0 radical (unpaired) electrons. The molecule has 0 unspecified atom stereocenters. The summed E-state index contributed by atoms with van der Waals surface area (Å²) in [6, 6.07) is 9.08. The molecule has 1 saturated heterocycles. The van der Waals surface area contributed by atoms with Crippen molar-refractivity contribution in [2.45, 2.75) is 0 Å². The van der Waals surface area contributed by atoms with E-state index < -0.39 is 17.6 Å². The van der Waals surface area contributed by atoms with Crippen LogP contribution in [0.2, 0.25) is 0 Å². The number of benzene rings is 2. The number of nitrogens with zero attached hydrogens (tertiary/aromatic N) is 1. The van der Waals surface area contributed by atoms with Crippen LogP contribution < -0.4 is 15.0 Å². The molecule has 9 heteroatoms. The van der Waals surface area contributed by atoms with Crippen molar-refractivity contribution >= 4 is 72.8 Å². The Morgan fingerprint density at radius 2 is 1.81 bits per heavy atom. The number of hydrogen-bond donors (Lipinski definition) is 1. The van der Waals surface area contributed by atoms with Gasteiger partial charge in [-0.25, -0.2) is 9.29 Å². The van der Waals surface area contributed by atoms with Crippen LogP contribution in [0, 0.1) is 5.82 Å². The first-order valence-electron chi connectivity index (χ1n) is 7.52. The smallest absolute Gasteiger partial charge is 0.270 e. The lowest BCUT2D eigenvalue weighted by Gasteiger charge is -2.29. The summed E-state index contributed by atoms with van der Waals surface area (Å²) in [5.41, 5.74) is 0.362. The van der Waals surface area contributed by atoms with Crippen molar-refractivity contribution in [3.8, 4) is 5.75 Å². The monoisotopic (exact) mass is 512 g/mol. The van der Waals surface area contributed by atoms with Gasteiger partial charge in [0.1, 0.15) is 17.1 Å². The highest BCUT2D eigenvalue weighted by Gasteiger charge is 2.35. The molecule has 2 aromatic rings. The van der Waals surface area contributed by atoms with Gasteiger partial charge in [-0.15, -0.1) is 0 Å². The summed E-state index contributed by atoms with van der Waals surface area (Å²) < 4.78 is 20.7. The number of para-hydroxylation sites is 1. The Balaban J connectivity index is 2.06. The number of halogens is 3. The van der Waals surface area contributed by atoms with Crippen LogP contribution >= 0.6 is 44.1 Å². The Morgan fingerprint density at radius 1 is 1.19 bits per heavy atom. The minimum atomic E-state index is -0.711. The number of nitrogens with one attached hydrogen (secondary N) is 1. The van der Waals surface area contributed by atoms with E-state index in [4.69, 9.17) is 17.0 Å². The Labute approximate surface area is 176 Å². The van der Waals surface area contributed by atoms with Crippen molar-refractivity contribution < 1.29 is 18.7 Å². The Morgan fingerprint density at radius 3 is 2.41 bits per heavy atom. The molecule has 2 aromatic carbocycles. The van der Waals surface area contributed by atoms with Crippen LogP contribution in [0.15, 0.2) is 50.9 Å². The average molecular weight is 514 g/mol. The maximum atomic E-state index is 14.1. The number of methoxy groups -OCH3 is 1. The average Bonchev–Trinajstić information content (AvgIpc) is 2.60. The van der Waals surface area contributed by atoms with E-state index in [0.29, 0.717) is 20.3 Å². The molecule has 138 valence electrons. The summed E-state index contributed by atoms with van der Waals surface area (Å²) in [6.07, 6.45) is 1.41. The summed E-state index contributed by atoms with van der Waals surface area (Å²) in [5, 5.41) is 2.25. The summed E-state index contributed by atoms with van der Waals surface area (Å²) in [7, 11) is 1.52. The van der Waals surface area contributed by atoms with E-state index in [2.05, 4.69) is 37.2 Å². The lowest BCUT2D eigenvalue weighted by molar-refractivity contribution is -0.122. The maximum Gasteiger partial charge on any atom is 0.270 e. The summed E-state index contributed by atoms with van der Waals surface area (Å²) >= 11 is 11.8. The van der Waals surface area contributed by atoms with Gasteiger partial charge in [0.15, 0.2) is 5.11 Å². The van der Waals surface area contributed by atoms with E-state index >= 15 is 0 Å². The molecule has 1 N–H and O–H groups in total. The third-order valence-electron chi connectivity index (χ3n) is 3.73. The number of anilines is 1. The zero-order valence-corrected chi connectivity index (χ0v) is 17.7. The zero-order valence-electron chi connectivity index (χ0n) is 13.8. The molecule has 0 aliphatic carbocycles. The van der Waals surface area contributed by atoms with Gasteiger partial charge in [0.05, 0.1) is 21.7 Å². The van der Waals surface area contributed by atoms with Gasteiger partial charge in [0.25, 0.3) is 11.8 Å². The molecule has 27 heavy (non-hydrogen) atoms. The highest BCUT2D eigenvalue weighted by atomic mass is 79.9. The number of amides is 2. The Kier molecular flexibility index (Phi) is 5.73. The number of hydrogen-bond acceptors (Lipinski definition) is 4. The predicted octanol–water partition coefficient (Wildman–Crippen LogP) is 4.19. The molecule has 2 amide bonds. The first kappa shape index (κ1) is 19.7. The molecule has 5 nitrogen and oxygen atoms in total. The van der Waals surface area contributed by atoms with Crippen molar-refractivity contribution in [2.75, 3.05) is 12.0 Å². The predicted molar refractivity (Wildman–Crippen MR) is 111 cm³/mol. The normalized spacial score (nSPS) is 15.9. The fraction of sp³-hybridized carbons (Fsp3) is 0.0556. The molecule has 1 aliphatic rings. The van der Waals surface area contributed by atoms with Crippen LogP contribution in [0.1, 0.15) is 5.56 Å². The van der Waals surface area contributed by atoms with E-state index in [0.717, 1.165) is 4.90 Å². The highest BCUT2D eigenvalue weighted by molar-refractivity contribution is 9.11. The summed E-state index contributed by atoms with van der Waals surface area (Å²) in [4.78, 5) is 26.2. The maximum absolute atomic E-state index is 14.1. The third-order valence-corrected chi connectivity index (χ3v) is 5.19. The number of rotatable bonds is 3. The first-order valence-corrected chi connectivity index (χ1v) is 9.52. The summed E-state index contributed by atoms with van der Waals surface area (Å²) in [6.45, 7) is 0. The van der Waals surface area contributed by atoms with Gasteiger partial charge in [0.2, 0.25) is 0 Å². The second kappa shape index (κ2) is 7.87. The van der Waals surface area contributed by atoms with Crippen LogP contribution in [-0.4, -0.2) is 24.0 Å². The van der Waals surface area contributed by atoms with Gasteiger partial charge >= 0.3 is 0 Å². The minimum Gasteiger partial charge on any atom is -0.494 e. The first-order chi connectivity index (χ1) is 12.8. The van der Waals surface area contributed by atoms with Crippen molar-refractivity contribution in [1.82, 2.24) is 5.32 Å². The van der Waals surface area contributed by atoms with Crippen LogP contribution in [0.25, 0.3) is 6.08 Å². The lowest BCUT2D eigenvalue weighted by atomic mass is 10.1. The molecule has 0 bridgehead atoms. The molecule has 1 heterocycles. The van der Waals surface area contributed by atoms with Gasteiger partial charge < -0.3 is 4.74 Å². The fourth-order valence-electron chi connectivity index (χ4n) is 2.53. The number of thiocarbonyl (C=S) groups is 1. The number of ether oxygens (including phenoxy) is 1. The van der Waals surface area contributed by atoms with Crippen molar-refractivity contribution in [3.63, 3.8) is 0 Å². The van der Waals surface area contributed by atoms with Gasteiger partial charge in [-0.2, -0.15) is 0 Å². The van der Waals surface area contributed by atoms with E-state index in [1.165, 1.54) is 31.4 Å². The molecule has 0 spiro atoms. The molecule has 1 fully saturated rings. The van der Waals surface area contributed by atoms with Crippen LogP contribution in [0.3, 0.4) is 0 Å². The molecular formula is C18H11Br2FN2O3S. The van der Waals surface area contributed by atoms with Crippen LogP contribution in [0.5, 0.6) is 5.75 Å². The minimum absolute atomic E-state index is 0.0320. The molecular weight excluding hydrogens is 503 g/mol. The SMILES string of the molecule is COc1c(Br)cc(/C=C2\C(=O)NC(=S)N(c3ccccc3F)C2=O)cc1Br. The Hall–Kier alpha value is -2.10. The third kappa shape index (κ3) is 3.80. The van der Waals surface area contributed by atoms with E-state index in [9.17, 15) is 14.0 Å². The summed E-state index contributed by atoms with van der Waals surface area (Å²) in [5.74, 6) is -1.41. The van der Waals surface area contributed by atoms with Crippen LogP contribution in [-0.2, 0) is 9.59 Å². The van der Waals surface area contributed by atoms with E-state index in [1.54, 1.807) is 18.2 Å².